The second-order valence-corrected chi connectivity index (χ2v) is 6.03. The minimum atomic E-state index is 0. The maximum Gasteiger partial charge on any atom is 0.171 e. The Hall–Kier alpha value is -2.04. The van der Waals surface area contributed by atoms with Crippen molar-refractivity contribution in [2.75, 3.05) is 27.3 Å². The van der Waals surface area contributed by atoms with Crippen molar-refractivity contribution < 1.29 is 14.3 Å². The number of hydrogen-bond acceptors (Lipinski definition) is 4. The molecular formula is C20H24ClNO3. The average molecular weight is 362 g/mol. The fraction of sp³-hybridized carbons (Fsp3) is 0.350. The van der Waals surface area contributed by atoms with Gasteiger partial charge in [-0.05, 0) is 42.6 Å². The normalized spacial score (nSPS) is 16.2. The molecule has 3 rings (SSSR count). The highest BCUT2D eigenvalue weighted by atomic mass is 35.5. The molecule has 1 atom stereocenters. The van der Waals surface area contributed by atoms with Crippen molar-refractivity contribution in [3.63, 3.8) is 0 Å². The van der Waals surface area contributed by atoms with Crippen LogP contribution in [0.15, 0.2) is 36.4 Å². The number of hydrogen-bond donors (Lipinski definition) is 1. The minimum absolute atomic E-state index is 0. The first-order valence-electron chi connectivity index (χ1n) is 8.21. The number of benzene rings is 2. The van der Waals surface area contributed by atoms with Crippen LogP contribution in [0.2, 0.25) is 0 Å². The molecule has 0 fully saturated rings. The van der Waals surface area contributed by atoms with Gasteiger partial charge >= 0.3 is 0 Å². The van der Waals surface area contributed by atoms with Crippen LogP contribution < -0.4 is 14.8 Å². The molecule has 5 heteroatoms. The molecule has 134 valence electrons. The Balaban J connectivity index is 0.00000225. The van der Waals surface area contributed by atoms with Gasteiger partial charge in [-0.3, -0.25) is 4.79 Å². The summed E-state index contributed by atoms with van der Waals surface area (Å²) in [5, 5.41) is 3.49. The Labute approximate surface area is 154 Å². The third kappa shape index (κ3) is 3.65. The lowest BCUT2D eigenvalue weighted by Gasteiger charge is -2.23. The number of carbonyl (C=O) groups excluding carboxylic acids is 1. The lowest BCUT2D eigenvalue weighted by atomic mass is 9.84. The zero-order valence-corrected chi connectivity index (χ0v) is 15.6. The number of ketones is 1. The average Bonchev–Trinajstić information content (AvgIpc) is 2.82. The van der Waals surface area contributed by atoms with E-state index in [9.17, 15) is 4.79 Å². The first-order valence-corrected chi connectivity index (χ1v) is 8.21. The van der Waals surface area contributed by atoms with Crippen molar-refractivity contribution in [3.05, 3.63) is 58.7 Å². The lowest BCUT2D eigenvalue weighted by Crippen LogP contribution is -2.20. The van der Waals surface area contributed by atoms with Crippen LogP contribution in [0.5, 0.6) is 11.5 Å². The Kier molecular flexibility index (Phi) is 6.45. The van der Waals surface area contributed by atoms with Crippen molar-refractivity contribution >= 4 is 18.2 Å². The summed E-state index contributed by atoms with van der Waals surface area (Å²) in [4.78, 5) is 12.4. The number of ether oxygens (including phenoxy) is 2. The molecule has 0 bridgehead atoms. The minimum Gasteiger partial charge on any atom is -0.493 e. The van der Waals surface area contributed by atoms with Crippen LogP contribution in [-0.4, -0.2) is 33.1 Å². The largest absolute Gasteiger partial charge is 0.493 e. The van der Waals surface area contributed by atoms with E-state index in [1.54, 1.807) is 21.1 Å². The van der Waals surface area contributed by atoms with Crippen molar-refractivity contribution in [1.29, 1.82) is 0 Å². The molecule has 4 nitrogen and oxygen atoms in total. The van der Waals surface area contributed by atoms with Crippen LogP contribution in [0.3, 0.4) is 0 Å². The predicted molar refractivity (Wildman–Crippen MR) is 102 cm³/mol. The summed E-state index contributed by atoms with van der Waals surface area (Å²) in [5.74, 6) is 1.35. The molecule has 2 aromatic rings. The summed E-state index contributed by atoms with van der Waals surface area (Å²) < 4.78 is 11.0. The maximum atomic E-state index is 12.4. The summed E-state index contributed by atoms with van der Waals surface area (Å²) in [7, 11) is 3.20. The predicted octanol–water partition coefficient (Wildman–Crippen LogP) is 3.61. The number of methoxy groups -OCH3 is 2. The number of fused-ring (bicyclic) bond motifs is 1. The van der Waals surface area contributed by atoms with Crippen molar-refractivity contribution in [3.8, 4) is 11.5 Å². The van der Waals surface area contributed by atoms with E-state index in [0.29, 0.717) is 17.1 Å². The molecule has 0 saturated heterocycles. The molecule has 0 radical (unpaired) electrons. The summed E-state index contributed by atoms with van der Waals surface area (Å²) in [6, 6.07) is 12.4. The lowest BCUT2D eigenvalue weighted by molar-refractivity contribution is 0.101. The van der Waals surface area contributed by atoms with Crippen molar-refractivity contribution in [2.24, 2.45) is 0 Å². The van der Waals surface area contributed by atoms with Gasteiger partial charge in [-0.1, -0.05) is 30.3 Å². The molecular weight excluding hydrogens is 338 g/mol. The van der Waals surface area contributed by atoms with Gasteiger partial charge in [0.1, 0.15) is 0 Å². The van der Waals surface area contributed by atoms with Gasteiger partial charge in [0, 0.05) is 12.5 Å². The Morgan fingerprint density at radius 2 is 1.88 bits per heavy atom. The number of nitrogens with one attached hydrogen (secondary N) is 1. The van der Waals surface area contributed by atoms with Crippen LogP contribution in [0, 0.1) is 0 Å². The van der Waals surface area contributed by atoms with E-state index in [4.69, 9.17) is 9.47 Å². The molecule has 0 saturated carbocycles. The van der Waals surface area contributed by atoms with Gasteiger partial charge in [0.2, 0.25) is 0 Å². The summed E-state index contributed by atoms with van der Waals surface area (Å²) in [6.07, 6.45) is 0.800. The molecule has 0 spiro atoms. The van der Waals surface area contributed by atoms with Gasteiger partial charge in [0.25, 0.3) is 0 Å². The van der Waals surface area contributed by atoms with E-state index in [2.05, 4.69) is 17.4 Å². The maximum absolute atomic E-state index is 12.4. The van der Waals surface area contributed by atoms with E-state index >= 15 is 0 Å². The number of rotatable bonds is 4. The molecule has 1 N–H and O–H groups in total. The zero-order valence-electron chi connectivity index (χ0n) is 14.8. The molecule has 1 heterocycles. The van der Waals surface area contributed by atoms with E-state index < -0.39 is 0 Å². The van der Waals surface area contributed by atoms with Crippen LogP contribution in [0.4, 0.5) is 0 Å². The second-order valence-electron chi connectivity index (χ2n) is 6.03. The molecule has 0 aliphatic carbocycles. The summed E-state index contributed by atoms with van der Waals surface area (Å²) in [5.41, 5.74) is 4.10. The summed E-state index contributed by atoms with van der Waals surface area (Å²) >= 11 is 0. The summed E-state index contributed by atoms with van der Waals surface area (Å²) in [6.45, 7) is 3.27. The first-order chi connectivity index (χ1) is 11.7. The van der Waals surface area contributed by atoms with Crippen molar-refractivity contribution in [1.82, 2.24) is 5.32 Å². The number of carbonyl (C=O) groups is 1. The molecule has 2 aromatic carbocycles. The number of halogens is 1. The van der Waals surface area contributed by atoms with E-state index in [1.165, 1.54) is 5.56 Å². The van der Waals surface area contributed by atoms with Gasteiger partial charge in [0.15, 0.2) is 17.3 Å². The smallest absolute Gasteiger partial charge is 0.171 e. The standard InChI is InChI=1S/C20H23NO3.ClH/c1-13(22)19-15-9-10-21-12-17(14-7-5-4-6-8-14)16(15)11-18(23-2)20(19)24-3;/h4-8,11,17,21H,9-10,12H2,1-3H3;1H. The molecule has 25 heavy (non-hydrogen) atoms. The molecule has 0 amide bonds. The monoisotopic (exact) mass is 361 g/mol. The fourth-order valence-corrected chi connectivity index (χ4v) is 3.56. The third-order valence-corrected chi connectivity index (χ3v) is 4.64. The SMILES string of the molecule is COc1cc2c(c(C(C)=O)c1OC)CCNCC2c1ccccc1.Cl. The van der Waals surface area contributed by atoms with Crippen LogP contribution in [-0.2, 0) is 6.42 Å². The quantitative estimate of drug-likeness (QED) is 0.845. The van der Waals surface area contributed by atoms with Crippen LogP contribution in [0.1, 0.15) is 39.9 Å². The van der Waals surface area contributed by atoms with Crippen LogP contribution >= 0.6 is 12.4 Å². The fourth-order valence-electron chi connectivity index (χ4n) is 3.56. The Morgan fingerprint density at radius 3 is 2.48 bits per heavy atom. The Bertz CT molecular complexity index is 746. The third-order valence-electron chi connectivity index (χ3n) is 4.64. The molecule has 1 aliphatic heterocycles. The highest BCUT2D eigenvalue weighted by Gasteiger charge is 2.28. The van der Waals surface area contributed by atoms with Crippen LogP contribution in [0.25, 0.3) is 0 Å². The van der Waals surface area contributed by atoms with E-state index in [-0.39, 0.29) is 24.1 Å². The molecule has 1 unspecified atom stereocenters. The topological polar surface area (TPSA) is 47.6 Å². The van der Waals surface area contributed by atoms with Gasteiger partial charge in [-0.15, -0.1) is 12.4 Å². The zero-order chi connectivity index (χ0) is 17.1. The van der Waals surface area contributed by atoms with Crippen molar-refractivity contribution in [2.45, 2.75) is 19.3 Å². The second kappa shape index (κ2) is 8.37. The number of Topliss-reactive ketones (excluding diaryl/α,β-unsaturated/α-hetero) is 1. The van der Waals surface area contributed by atoms with E-state index in [1.807, 2.05) is 24.3 Å². The Morgan fingerprint density at radius 1 is 1.16 bits per heavy atom. The van der Waals surface area contributed by atoms with Gasteiger partial charge in [-0.25, -0.2) is 0 Å². The molecule has 1 aliphatic rings. The highest BCUT2D eigenvalue weighted by Crippen LogP contribution is 2.41. The van der Waals surface area contributed by atoms with Gasteiger partial charge in [0.05, 0.1) is 19.8 Å². The van der Waals surface area contributed by atoms with Gasteiger partial charge in [-0.2, -0.15) is 0 Å². The van der Waals surface area contributed by atoms with Gasteiger partial charge < -0.3 is 14.8 Å². The molecule has 0 aromatic heterocycles. The first kappa shape index (κ1) is 19.3. The van der Waals surface area contributed by atoms with E-state index in [0.717, 1.165) is 30.6 Å². The highest BCUT2D eigenvalue weighted by molar-refractivity contribution is 6.00.